The maximum absolute atomic E-state index is 15.9. The van der Waals surface area contributed by atoms with Gasteiger partial charge in [0.2, 0.25) is 17.5 Å². The lowest BCUT2D eigenvalue weighted by Gasteiger charge is -2.22. The van der Waals surface area contributed by atoms with Gasteiger partial charge in [0.05, 0.1) is 0 Å². The Hall–Kier alpha value is -7.05. The lowest BCUT2D eigenvalue weighted by molar-refractivity contribution is 0.283. The Morgan fingerprint density at radius 2 is 0.508 bits per heavy atom. The van der Waals surface area contributed by atoms with Crippen molar-refractivity contribution in [3.8, 4) is 17.2 Å². The Balaban J connectivity index is 1.31. The van der Waals surface area contributed by atoms with Gasteiger partial charge in [-0.2, -0.15) is 13.2 Å². The fraction of sp³-hybridized carbons (Fsp3) is 0. The van der Waals surface area contributed by atoms with E-state index in [9.17, 15) is 26.3 Å². The third-order valence-electron chi connectivity index (χ3n) is 9.97. The van der Waals surface area contributed by atoms with Gasteiger partial charge in [0.15, 0.2) is 87.1 Å². The molecule has 0 bridgehead atoms. The Morgan fingerprint density at radius 1 is 0.246 bits per heavy atom. The van der Waals surface area contributed by atoms with Crippen molar-refractivity contribution in [3.63, 3.8) is 0 Å². The first-order valence-corrected chi connectivity index (χ1v) is 17.1. The van der Waals surface area contributed by atoms with Gasteiger partial charge in [0.25, 0.3) is 0 Å². The minimum atomic E-state index is -3.13. The molecule has 9 aromatic rings. The highest BCUT2D eigenvalue weighted by Gasteiger charge is 2.39. The topological polar surface area (TPSA) is 27.7 Å². The van der Waals surface area contributed by atoms with Gasteiger partial charge in [-0.3, -0.25) is 0 Å². The van der Waals surface area contributed by atoms with E-state index >= 15 is 39.5 Å². The van der Waals surface area contributed by atoms with Crippen LogP contribution in [-0.4, -0.2) is 7.32 Å². The molecule has 0 unspecified atom stereocenters. The smallest absolute Gasteiger partial charge is 0.486 e. The zero-order valence-corrected chi connectivity index (χ0v) is 29.4. The van der Waals surface area contributed by atoms with Gasteiger partial charge in [0, 0.05) is 48.5 Å². The van der Waals surface area contributed by atoms with Crippen molar-refractivity contribution in [1.29, 1.82) is 0 Å². The summed E-state index contributed by atoms with van der Waals surface area (Å²) in [6, 6.07) is 8.43. The quantitative estimate of drug-likeness (QED) is 0.0721. The maximum atomic E-state index is 15.9. The van der Waals surface area contributed by atoms with Crippen molar-refractivity contribution in [2.45, 2.75) is 0 Å². The standard InChI is InChI=1S/C42H12BF15O3/c44-25-4-1-13-7-22-19(10-16(13)28(25)47)31(50)34(53)37(56)40(22)59-43(60-41-23-8-14-2-5-26(45)29(48)17(14)11-20(23)32(51)35(54)38(41)57)61-42-24-9-15-3-6-27(46)30(49)18(15)12-21(24)33(52)36(55)39(42)58/h1-12H. The van der Waals surface area contributed by atoms with E-state index in [1.54, 1.807) is 0 Å². The molecule has 0 saturated carbocycles. The second-order valence-electron chi connectivity index (χ2n) is 13.4. The molecule has 0 amide bonds. The molecule has 19 heteroatoms. The van der Waals surface area contributed by atoms with Gasteiger partial charge < -0.3 is 14.0 Å². The molecule has 0 atom stereocenters. The average Bonchev–Trinajstić information content (AvgIpc) is 3.25. The van der Waals surface area contributed by atoms with E-state index < -0.39 is 160 Å². The number of halogens is 15. The van der Waals surface area contributed by atoms with Gasteiger partial charge >= 0.3 is 7.32 Å². The molecule has 0 aliphatic heterocycles. The van der Waals surface area contributed by atoms with E-state index in [1.807, 2.05) is 0 Å². The monoisotopic (exact) mass is 860 g/mol. The van der Waals surface area contributed by atoms with Crippen LogP contribution < -0.4 is 14.0 Å². The summed E-state index contributed by atoms with van der Waals surface area (Å²) in [5, 5.41) is -8.47. The molecule has 0 fully saturated rings. The highest BCUT2D eigenvalue weighted by molar-refractivity contribution is 6.40. The normalized spacial score (nSPS) is 11.9. The van der Waals surface area contributed by atoms with Crippen LogP contribution in [0, 0.1) is 87.3 Å². The van der Waals surface area contributed by atoms with Crippen LogP contribution in [-0.2, 0) is 0 Å². The first-order chi connectivity index (χ1) is 29.0. The first-order valence-electron chi connectivity index (χ1n) is 17.1. The number of fused-ring (bicyclic) bond motifs is 6. The van der Waals surface area contributed by atoms with E-state index in [2.05, 4.69) is 0 Å². The van der Waals surface area contributed by atoms with Gasteiger partial charge in [-0.25, -0.2) is 52.7 Å². The van der Waals surface area contributed by atoms with Gasteiger partial charge in [-0.1, -0.05) is 18.2 Å². The predicted molar refractivity (Wildman–Crippen MR) is 191 cm³/mol. The number of hydrogen-bond acceptors (Lipinski definition) is 3. The van der Waals surface area contributed by atoms with Crippen molar-refractivity contribution in [2.75, 3.05) is 0 Å². The van der Waals surface area contributed by atoms with Gasteiger partial charge in [-0.15, -0.1) is 0 Å². The number of rotatable bonds is 6. The summed E-state index contributed by atoms with van der Waals surface area (Å²) in [5.74, 6) is -33.2. The number of hydrogen-bond donors (Lipinski definition) is 0. The third kappa shape index (κ3) is 5.95. The van der Waals surface area contributed by atoms with E-state index in [-0.39, 0.29) is 16.2 Å². The zero-order chi connectivity index (χ0) is 43.5. The highest BCUT2D eigenvalue weighted by atomic mass is 19.2. The summed E-state index contributed by atoms with van der Waals surface area (Å²) in [6.07, 6.45) is 0. The molecule has 0 N–H and O–H groups in total. The molecule has 0 radical (unpaired) electrons. The summed E-state index contributed by atoms with van der Waals surface area (Å²) in [6.45, 7) is 0. The summed E-state index contributed by atoms with van der Waals surface area (Å²) in [7, 11) is -3.13. The average molecular weight is 860 g/mol. The molecule has 0 spiro atoms. The second-order valence-corrected chi connectivity index (χ2v) is 13.4. The summed E-state index contributed by atoms with van der Waals surface area (Å²) < 4.78 is 242. The van der Waals surface area contributed by atoms with Gasteiger partial charge in [-0.05, 0) is 70.8 Å². The molecule has 0 aromatic heterocycles. The molecule has 61 heavy (non-hydrogen) atoms. The van der Waals surface area contributed by atoms with Crippen molar-refractivity contribution >= 4 is 72.0 Å². The van der Waals surface area contributed by atoms with E-state index in [1.165, 1.54) is 0 Å². The van der Waals surface area contributed by atoms with E-state index in [0.29, 0.717) is 36.4 Å². The summed E-state index contributed by atoms with van der Waals surface area (Å²) in [5.41, 5.74) is 0. The zero-order valence-electron chi connectivity index (χ0n) is 29.4. The maximum Gasteiger partial charge on any atom is 0.864 e. The fourth-order valence-corrected chi connectivity index (χ4v) is 7.04. The minimum Gasteiger partial charge on any atom is -0.486 e. The second kappa shape index (κ2) is 14.0. The minimum absolute atomic E-state index is 0.304. The fourth-order valence-electron chi connectivity index (χ4n) is 7.04. The van der Waals surface area contributed by atoms with Crippen LogP contribution in [0.1, 0.15) is 0 Å². The highest BCUT2D eigenvalue weighted by Crippen LogP contribution is 2.43. The third-order valence-corrected chi connectivity index (χ3v) is 9.97. The lowest BCUT2D eigenvalue weighted by Crippen LogP contribution is -2.38. The van der Waals surface area contributed by atoms with Crippen LogP contribution >= 0.6 is 0 Å². The van der Waals surface area contributed by atoms with Crippen LogP contribution in [0.15, 0.2) is 72.8 Å². The van der Waals surface area contributed by atoms with Crippen molar-refractivity contribution in [2.24, 2.45) is 0 Å². The van der Waals surface area contributed by atoms with Crippen molar-refractivity contribution < 1.29 is 79.8 Å². The molecule has 0 heterocycles. The lowest BCUT2D eigenvalue weighted by atomic mass is 9.99. The van der Waals surface area contributed by atoms with Crippen LogP contribution in [0.3, 0.4) is 0 Å². The van der Waals surface area contributed by atoms with Crippen LogP contribution in [0.25, 0.3) is 64.6 Å². The number of benzene rings is 9. The van der Waals surface area contributed by atoms with Gasteiger partial charge in [0.1, 0.15) is 0 Å². The molecule has 3 nitrogen and oxygen atoms in total. The molecule has 9 aromatic carbocycles. The van der Waals surface area contributed by atoms with Crippen LogP contribution in [0.2, 0.25) is 0 Å². The van der Waals surface area contributed by atoms with E-state index in [4.69, 9.17) is 14.0 Å². The van der Waals surface area contributed by atoms with Crippen molar-refractivity contribution in [1.82, 2.24) is 0 Å². The molecule has 0 aliphatic carbocycles. The first kappa shape index (κ1) is 39.4. The SMILES string of the molecule is Fc1ccc2cc3c(OB(Oc4c(F)c(F)c(F)c5cc6c(F)c(F)ccc6cc45)Oc4c(F)c(F)c(F)c5cc6c(F)c(F)ccc6cc45)c(F)c(F)c(F)c3cc2c1F. The molecular weight excluding hydrogens is 848 g/mol. The van der Waals surface area contributed by atoms with E-state index in [0.717, 1.165) is 36.4 Å². The Bertz CT molecular complexity index is 3080. The summed E-state index contributed by atoms with van der Waals surface area (Å²) in [4.78, 5) is 0. The Labute approximate surface area is 328 Å². The Kier molecular flexibility index (Phi) is 9.06. The van der Waals surface area contributed by atoms with Crippen molar-refractivity contribution in [3.05, 3.63) is 160 Å². The Morgan fingerprint density at radius 3 is 0.770 bits per heavy atom. The molecular formula is C42H12BF15O3. The predicted octanol–water partition coefficient (Wildman–Crippen LogP) is 13.2. The summed E-state index contributed by atoms with van der Waals surface area (Å²) >= 11 is 0. The largest absolute Gasteiger partial charge is 0.864 e. The molecule has 306 valence electrons. The molecule has 0 saturated heterocycles. The molecule has 0 aliphatic rings. The van der Waals surface area contributed by atoms with Crippen LogP contribution in [0.5, 0.6) is 17.2 Å². The molecule has 9 rings (SSSR count). The van der Waals surface area contributed by atoms with Crippen LogP contribution in [0.4, 0.5) is 65.9 Å².